The van der Waals surface area contributed by atoms with Crippen molar-refractivity contribution in [3.63, 3.8) is 0 Å². The molecule has 6 heteroatoms. The van der Waals surface area contributed by atoms with Crippen LogP contribution in [-0.4, -0.2) is 60.9 Å². The maximum absolute atomic E-state index is 13.5. The Morgan fingerprint density at radius 3 is 2.50 bits per heavy atom. The summed E-state index contributed by atoms with van der Waals surface area (Å²) >= 11 is 0. The molecule has 1 N–H and O–H groups in total. The van der Waals surface area contributed by atoms with Crippen LogP contribution in [0, 0.1) is 0 Å². The number of nitrogens with one attached hydrogen (secondary N) is 1. The van der Waals surface area contributed by atoms with Gasteiger partial charge in [-0.05, 0) is 60.5 Å². The van der Waals surface area contributed by atoms with E-state index >= 15 is 0 Å². The molecule has 0 saturated carbocycles. The van der Waals surface area contributed by atoms with Gasteiger partial charge in [-0.25, -0.2) is 0 Å². The molecule has 3 heterocycles. The van der Waals surface area contributed by atoms with Gasteiger partial charge in [0.15, 0.2) is 0 Å². The topological polar surface area (TPSA) is 55.9 Å². The van der Waals surface area contributed by atoms with Crippen LogP contribution in [0.5, 0.6) is 0 Å². The molecule has 0 radical (unpaired) electrons. The molecule has 0 unspecified atom stereocenters. The Morgan fingerprint density at radius 1 is 1.00 bits per heavy atom. The Kier molecular flexibility index (Phi) is 5.56. The predicted molar refractivity (Wildman–Crippen MR) is 143 cm³/mol. The molecule has 6 nitrogen and oxygen atoms in total. The number of amides is 2. The largest absolute Gasteiger partial charge is 0.329 e. The number of hydrogen-bond donors (Lipinski definition) is 1. The summed E-state index contributed by atoms with van der Waals surface area (Å²) < 4.78 is 8.98. The number of anilines is 1. The summed E-state index contributed by atoms with van der Waals surface area (Å²) in [6.07, 6.45) is 1.44. The second-order valence-corrected chi connectivity index (χ2v) is 10.2. The molecule has 2 saturated heterocycles. The van der Waals surface area contributed by atoms with Gasteiger partial charge in [-0.1, -0.05) is 49.0 Å². The number of benzene rings is 3. The van der Waals surface area contributed by atoms with Gasteiger partial charge in [0.25, 0.3) is 5.91 Å². The highest BCUT2D eigenvalue weighted by atomic mass is 16.2. The Bertz CT molecular complexity index is 1410. The molecule has 0 spiro atoms. The summed E-state index contributed by atoms with van der Waals surface area (Å²) in [5, 5.41) is 4.51. The molecule has 3 aliphatic heterocycles. The van der Waals surface area contributed by atoms with Crippen LogP contribution < -0.4 is 10.2 Å². The second-order valence-electron chi connectivity index (χ2n) is 10.2. The number of rotatable bonds is 5. The van der Waals surface area contributed by atoms with E-state index in [9.17, 15) is 9.59 Å². The predicted octanol–water partition coefficient (Wildman–Crippen LogP) is 3.93. The first-order valence-electron chi connectivity index (χ1n) is 13.2. The molecule has 1 atom stereocenters. The van der Waals surface area contributed by atoms with Crippen LogP contribution in [0.1, 0.15) is 41.3 Å². The second kappa shape index (κ2) is 9.19. The van der Waals surface area contributed by atoms with Gasteiger partial charge in [0.1, 0.15) is 6.02 Å². The average Bonchev–Trinajstić information content (AvgIpc) is 3.19. The zero-order chi connectivity index (χ0) is 25.7. The minimum atomic E-state index is -1.69. The number of hydrogen-bond acceptors (Lipinski definition) is 4. The Labute approximate surface area is 213 Å². The molecule has 2 fully saturated rings. The summed E-state index contributed by atoms with van der Waals surface area (Å²) in [4.78, 5) is 32.6. The van der Waals surface area contributed by atoms with E-state index in [0.717, 1.165) is 55.5 Å². The highest BCUT2D eigenvalue weighted by Gasteiger charge is 2.39. The molecule has 3 aromatic rings. The van der Waals surface area contributed by atoms with Crippen LogP contribution in [0.3, 0.4) is 0 Å². The summed E-state index contributed by atoms with van der Waals surface area (Å²) in [6, 6.07) is 16.8. The lowest BCUT2D eigenvalue weighted by Gasteiger charge is -2.32. The lowest BCUT2D eigenvalue weighted by Crippen LogP contribution is -2.51. The third-order valence-corrected chi connectivity index (χ3v) is 7.69. The third-order valence-electron chi connectivity index (χ3n) is 7.69. The van der Waals surface area contributed by atoms with Crippen molar-refractivity contribution in [3.05, 3.63) is 89.1 Å². The van der Waals surface area contributed by atoms with Gasteiger partial charge in [0.05, 0.1) is 7.06 Å². The van der Waals surface area contributed by atoms with Crippen LogP contribution in [-0.2, 0) is 17.8 Å². The number of carbonyl (C=O) groups excluding carboxylic acids is 2. The Hall–Kier alpha value is -3.48. The summed E-state index contributed by atoms with van der Waals surface area (Å²) in [5.74, 6) is -0.789. The normalized spacial score (nSPS) is 23.3. The number of piperazine rings is 1. The number of allylic oxidation sites excluding steroid dienone is 1. The van der Waals surface area contributed by atoms with Crippen LogP contribution in [0.2, 0.25) is 0 Å². The Balaban J connectivity index is 1.27. The van der Waals surface area contributed by atoms with Crippen LogP contribution >= 0.6 is 0 Å². The van der Waals surface area contributed by atoms with Gasteiger partial charge < -0.3 is 10.2 Å². The zero-order valence-corrected chi connectivity index (χ0v) is 20.7. The molecule has 3 aromatic carbocycles. The highest BCUT2D eigenvalue weighted by molar-refractivity contribution is 6.27. The maximum atomic E-state index is 13.5. The van der Waals surface area contributed by atoms with Crippen molar-refractivity contribution >= 4 is 28.3 Å². The van der Waals surface area contributed by atoms with Crippen molar-refractivity contribution < 1.29 is 11.0 Å². The van der Waals surface area contributed by atoms with E-state index in [0.29, 0.717) is 23.4 Å². The fourth-order valence-electron chi connectivity index (χ4n) is 5.60. The molecule has 6 rings (SSSR count). The van der Waals surface area contributed by atoms with Crippen molar-refractivity contribution in [2.45, 2.75) is 31.8 Å². The first-order chi connectivity index (χ1) is 17.8. The quantitative estimate of drug-likeness (QED) is 0.600. The van der Waals surface area contributed by atoms with E-state index in [1.54, 1.807) is 6.07 Å². The fraction of sp³-hybridized carbons (Fsp3) is 0.333. The number of carbonyl (C=O) groups is 2. The Morgan fingerprint density at radius 2 is 1.75 bits per heavy atom. The highest BCUT2D eigenvalue weighted by Crippen LogP contribution is 2.41. The minimum absolute atomic E-state index is 0.223. The fourth-order valence-corrected chi connectivity index (χ4v) is 5.60. The zero-order valence-electron chi connectivity index (χ0n) is 21.7. The number of nitrogens with zero attached hydrogens (tertiary/aromatic N) is 3. The summed E-state index contributed by atoms with van der Waals surface area (Å²) in [6.45, 7) is 9.23. The molecule has 0 aromatic heterocycles. The molecular formula is C30H32N4O2. The van der Waals surface area contributed by atoms with E-state index in [-0.39, 0.29) is 12.3 Å². The van der Waals surface area contributed by atoms with Gasteiger partial charge >= 0.3 is 0 Å². The number of likely N-dealkylation sites (N-methyl/N-ethyl adjacent to an activating group) is 1. The van der Waals surface area contributed by atoms with Crippen molar-refractivity contribution in [2.24, 2.45) is 0 Å². The van der Waals surface area contributed by atoms with E-state index in [1.165, 1.54) is 16.0 Å². The van der Waals surface area contributed by atoms with Gasteiger partial charge in [-0.15, -0.1) is 0 Å². The van der Waals surface area contributed by atoms with Crippen molar-refractivity contribution in [1.82, 2.24) is 15.1 Å². The molecule has 0 bridgehead atoms. The van der Waals surface area contributed by atoms with Crippen LogP contribution in [0.15, 0.2) is 66.9 Å². The van der Waals surface area contributed by atoms with Crippen LogP contribution in [0.25, 0.3) is 10.8 Å². The lowest BCUT2D eigenvalue weighted by atomic mass is 9.95. The molecule has 0 aliphatic carbocycles. The van der Waals surface area contributed by atoms with Gasteiger partial charge in [0, 0.05) is 49.4 Å². The monoisotopic (exact) mass is 481 g/mol. The first kappa shape index (κ1) is 21.8. The van der Waals surface area contributed by atoms with Gasteiger partial charge in [0.2, 0.25) is 5.91 Å². The molecular weight excluding hydrogens is 448 g/mol. The van der Waals surface area contributed by atoms with E-state index < -0.39 is 11.9 Å². The van der Waals surface area contributed by atoms with Gasteiger partial charge in [-0.3, -0.25) is 19.4 Å². The van der Waals surface area contributed by atoms with Crippen LogP contribution in [0.4, 0.5) is 5.69 Å². The third kappa shape index (κ3) is 4.10. The molecule has 2 amide bonds. The molecule has 3 aliphatic rings. The summed E-state index contributed by atoms with van der Waals surface area (Å²) in [5.41, 5.74) is 5.45. The summed E-state index contributed by atoms with van der Waals surface area (Å²) in [7, 11) is 2.18. The van der Waals surface area contributed by atoms with E-state index in [1.807, 2.05) is 24.3 Å². The van der Waals surface area contributed by atoms with E-state index in [4.69, 9.17) is 1.37 Å². The molecule has 36 heavy (non-hydrogen) atoms. The van der Waals surface area contributed by atoms with Crippen molar-refractivity contribution in [3.8, 4) is 0 Å². The smallest absolute Gasteiger partial charge is 0.259 e. The first-order valence-corrected chi connectivity index (χ1v) is 12.7. The van der Waals surface area contributed by atoms with E-state index in [2.05, 4.69) is 53.0 Å². The maximum Gasteiger partial charge on any atom is 0.259 e. The number of piperidine rings is 1. The average molecular weight is 482 g/mol. The SMILES string of the molecule is [2H][C@]1(N2C(=O)c3cccc4c(Cc5ccc(CN6CCN(C)CC6)cc5)ccc2c34)CCC(=C)NC1=O. The lowest BCUT2D eigenvalue weighted by molar-refractivity contribution is -0.122. The van der Waals surface area contributed by atoms with Gasteiger partial charge in [-0.2, -0.15) is 0 Å². The minimum Gasteiger partial charge on any atom is -0.329 e. The van der Waals surface area contributed by atoms with Crippen molar-refractivity contribution in [2.75, 3.05) is 38.1 Å². The molecule has 184 valence electrons. The standard InChI is InChI=1S/C30H32N4O2/c1-20-6-12-27(29(35)31-20)34-26-13-11-23(24-4-3-5-25(28(24)26)30(34)36)18-21-7-9-22(10-8-21)19-33-16-14-32(2)15-17-33/h3-5,7-11,13,27H,1,6,12,14-19H2,2H3,(H,31,35)/t27-/m0/s1/i27D. The van der Waals surface area contributed by atoms with Crippen molar-refractivity contribution in [1.29, 1.82) is 0 Å².